The van der Waals surface area contributed by atoms with Crippen LogP contribution in [0.2, 0.25) is 0 Å². The van der Waals surface area contributed by atoms with Crippen LogP contribution in [0.5, 0.6) is 0 Å². The van der Waals surface area contributed by atoms with Crippen LogP contribution >= 0.6 is 0 Å². The first-order valence-corrected chi connectivity index (χ1v) is 3.27. The molecular formula is C16CoO16. The predicted octanol–water partition coefficient (Wildman–Crippen LogP) is -6.36. The maximum absolute atomic E-state index is 7.50. The molecule has 0 aromatic carbocycles. The van der Waals surface area contributed by atoms with Crippen molar-refractivity contribution in [1.29, 1.82) is 0 Å². The van der Waals surface area contributed by atoms with E-state index < -0.39 is 0 Å². The van der Waals surface area contributed by atoms with Gasteiger partial charge in [-0.1, -0.05) is 0 Å². The van der Waals surface area contributed by atoms with Crippen LogP contribution < -0.4 is 0 Å². The zero-order valence-electron chi connectivity index (χ0n) is 14.9. The summed E-state index contributed by atoms with van der Waals surface area (Å²) in [5.74, 6) is 0. The van der Waals surface area contributed by atoms with E-state index in [0.717, 1.165) is 0 Å². The Hall–Kier alpha value is -4.77. The van der Waals surface area contributed by atoms with E-state index in [2.05, 4.69) is 109 Å². The molecule has 0 aliphatic carbocycles. The maximum Gasteiger partial charge on any atom is 0.281 e. The van der Waals surface area contributed by atoms with Crippen molar-refractivity contribution in [3.63, 3.8) is 0 Å². The smallest absolute Gasteiger partial charge is 0.281 e. The summed E-state index contributed by atoms with van der Waals surface area (Å²) < 4.78 is 0. The second kappa shape index (κ2) is 822. The molecule has 16 nitrogen and oxygen atoms in total. The fourth-order valence-corrected chi connectivity index (χ4v) is 0. The first kappa shape index (κ1) is 166. The van der Waals surface area contributed by atoms with Gasteiger partial charge < -0.3 is 0 Å². The molecule has 0 saturated carbocycles. The largest absolute Gasteiger partial charge is 0.281 e. The van der Waals surface area contributed by atoms with E-state index in [1.54, 1.807) is 0 Å². The zero-order valence-corrected chi connectivity index (χ0v) is 15.9. The molecule has 17 heteroatoms. The average molecular weight is 507 g/mol. The van der Waals surface area contributed by atoms with Crippen LogP contribution in [-0.4, -0.2) is 109 Å². The second-order valence-electron chi connectivity index (χ2n) is 0. The van der Waals surface area contributed by atoms with E-state index in [4.69, 9.17) is 76.7 Å². The molecule has 0 aliphatic heterocycles. The Bertz CT molecular complexity index is 102. The third kappa shape index (κ3) is 760. The Labute approximate surface area is 202 Å². The third-order valence-corrected chi connectivity index (χ3v) is 0. The van der Waals surface area contributed by atoms with Crippen molar-refractivity contribution in [2.75, 3.05) is 0 Å². The Morgan fingerprint density at radius 1 is 0.121 bits per heavy atom. The van der Waals surface area contributed by atoms with Gasteiger partial charge in [-0.05, 0) is 0 Å². The molecule has 0 aliphatic rings. The van der Waals surface area contributed by atoms with Crippen molar-refractivity contribution in [2.45, 2.75) is 0 Å². The van der Waals surface area contributed by atoms with Crippen molar-refractivity contribution >= 4 is 109 Å². The molecule has 0 N–H and O–H groups in total. The van der Waals surface area contributed by atoms with E-state index in [0.29, 0.717) is 0 Å². The quantitative estimate of drug-likeness (QED) is 0.295. The molecule has 0 spiro atoms. The predicted molar refractivity (Wildman–Crippen MR) is 91.1 cm³/mol. The molecule has 0 aromatic rings. The minimum absolute atomic E-state index is 0. The number of carbonyl (C=O) groups excluding carboxylic acids is 16. The van der Waals surface area contributed by atoms with Gasteiger partial charge in [0.05, 0.1) is 0 Å². The van der Waals surface area contributed by atoms with E-state index in [1.807, 2.05) is 0 Å². The fraction of sp³-hybridized carbons (Fsp3) is 0. The van der Waals surface area contributed by atoms with Crippen LogP contribution in [-0.2, 0) is 93.5 Å². The van der Waals surface area contributed by atoms with Crippen molar-refractivity contribution < 1.29 is 93.5 Å². The van der Waals surface area contributed by atoms with Gasteiger partial charge in [-0.3, -0.25) is 76.7 Å². The summed E-state index contributed by atoms with van der Waals surface area (Å²) >= 11 is 0. The fourth-order valence-electron chi connectivity index (χ4n) is 0. The number of hydrogen-bond donors (Lipinski definition) is 0. The molecule has 0 saturated heterocycles. The molecule has 0 atom stereocenters. The minimum atomic E-state index is 0. The molecule has 0 unspecified atom stereocenters. The molecule has 33 heavy (non-hydrogen) atoms. The topological polar surface area (TPSA) is 273 Å². The third-order valence-electron chi connectivity index (χ3n) is 0. The van der Waals surface area contributed by atoms with Crippen molar-refractivity contribution in [1.82, 2.24) is 0 Å². The van der Waals surface area contributed by atoms with Crippen LogP contribution in [0, 0.1) is 0 Å². The van der Waals surface area contributed by atoms with E-state index in [1.165, 1.54) is 0 Å². The van der Waals surface area contributed by atoms with Crippen LogP contribution in [0.4, 0.5) is 0 Å². The second-order valence-corrected chi connectivity index (χ2v) is 0. The van der Waals surface area contributed by atoms with Gasteiger partial charge in [0.25, 0.3) is 109 Å². The zero-order chi connectivity index (χ0) is 32.0. The summed E-state index contributed by atoms with van der Waals surface area (Å²) in [4.78, 5) is 120. The van der Waals surface area contributed by atoms with E-state index >= 15 is 0 Å². The standard InChI is InChI=1S/16CO.Co/c16*1-2;. The van der Waals surface area contributed by atoms with E-state index in [-0.39, 0.29) is 16.8 Å². The maximum atomic E-state index is 7.50. The van der Waals surface area contributed by atoms with Crippen molar-refractivity contribution in [3.8, 4) is 0 Å². The van der Waals surface area contributed by atoms with Crippen LogP contribution in [0.1, 0.15) is 0 Å². The molecule has 33 radical (unpaired) electrons. The van der Waals surface area contributed by atoms with Crippen LogP contribution in [0.25, 0.3) is 0 Å². The van der Waals surface area contributed by atoms with Gasteiger partial charge in [-0.25, -0.2) is 0 Å². The Kier molecular flexibility index (Phi) is 4130. The summed E-state index contributed by atoms with van der Waals surface area (Å²) in [6, 6.07) is 0. The van der Waals surface area contributed by atoms with E-state index in [9.17, 15) is 0 Å². The number of rotatable bonds is 0. The van der Waals surface area contributed by atoms with Gasteiger partial charge >= 0.3 is 0 Å². The van der Waals surface area contributed by atoms with Gasteiger partial charge in [0.15, 0.2) is 0 Å². The molecule has 0 fully saturated rings. The molecule has 0 rings (SSSR count). The average Bonchev–Trinajstić information content (AvgIpc) is 3.05. The van der Waals surface area contributed by atoms with Gasteiger partial charge in [-0.2, -0.15) is 0 Å². The molecule has 0 aromatic heterocycles. The van der Waals surface area contributed by atoms with Gasteiger partial charge in [0, 0.05) is 16.8 Å². The number of hydrogen-bond acceptors (Lipinski definition) is 16. The molecule has 0 heterocycles. The first-order chi connectivity index (χ1) is 16.0. The molecule has 0 bridgehead atoms. The summed E-state index contributed by atoms with van der Waals surface area (Å²) in [5.41, 5.74) is 0. The molecular weight excluding hydrogens is 507 g/mol. The van der Waals surface area contributed by atoms with Crippen LogP contribution in [0.15, 0.2) is 0 Å². The van der Waals surface area contributed by atoms with Crippen molar-refractivity contribution in [2.24, 2.45) is 0 Å². The Morgan fingerprint density at radius 2 is 0.121 bits per heavy atom. The normalized spacial score (nSPS) is 1.94. The SMILES string of the molecule is [C]=O.[C]=O.[C]=O.[C]=O.[C]=O.[C]=O.[C]=O.[C]=O.[C]=O.[C]=O.[C]=O.[C]=O.[C]=O.[C]=O.[C]=O.[C]=O.[Co]. The Morgan fingerprint density at radius 3 is 0.121 bits per heavy atom. The first-order valence-electron chi connectivity index (χ1n) is 3.27. The van der Waals surface area contributed by atoms with Gasteiger partial charge in [-0.15, -0.1) is 0 Å². The summed E-state index contributed by atoms with van der Waals surface area (Å²) in [6.07, 6.45) is 0. The minimum Gasteiger partial charge on any atom is -0.281 e. The monoisotopic (exact) mass is 507 g/mol. The van der Waals surface area contributed by atoms with Gasteiger partial charge in [0.1, 0.15) is 0 Å². The van der Waals surface area contributed by atoms with Gasteiger partial charge in [0.2, 0.25) is 0 Å². The summed E-state index contributed by atoms with van der Waals surface area (Å²) in [5, 5.41) is 0. The summed E-state index contributed by atoms with van der Waals surface area (Å²) in [6.45, 7) is 72.0. The Balaban J connectivity index is -0.00000000551. The van der Waals surface area contributed by atoms with Crippen LogP contribution in [0.3, 0.4) is 0 Å². The van der Waals surface area contributed by atoms with Crippen molar-refractivity contribution in [3.05, 3.63) is 0 Å². The molecule has 169 valence electrons. The summed E-state index contributed by atoms with van der Waals surface area (Å²) in [7, 11) is 0. The molecule has 0 amide bonds.